The van der Waals surface area contributed by atoms with Crippen LogP contribution < -0.4 is 0 Å². The third-order valence-electron chi connectivity index (χ3n) is 10.4. The molecule has 1 aliphatic rings. The van der Waals surface area contributed by atoms with Crippen molar-refractivity contribution in [3.05, 3.63) is 157 Å². The maximum atomic E-state index is 6.38. The van der Waals surface area contributed by atoms with E-state index in [1.165, 1.54) is 76.8 Å². The lowest BCUT2D eigenvalue weighted by molar-refractivity contribution is 0.660. The van der Waals surface area contributed by atoms with Crippen molar-refractivity contribution in [2.45, 2.75) is 19.3 Å². The Balaban J connectivity index is 1.25. The summed E-state index contributed by atoms with van der Waals surface area (Å²) in [5.41, 5.74) is 12.3. The first kappa shape index (κ1) is 25.6. The van der Waals surface area contributed by atoms with Crippen molar-refractivity contribution in [2.24, 2.45) is 0 Å². The first-order valence-corrected chi connectivity index (χ1v) is 16.1. The van der Waals surface area contributed by atoms with E-state index in [1.54, 1.807) is 0 Å². The molecule has 1 heteroatoms. The smallest absolute Gasteiger partial charge is 0.136 e. The third kappa shape index (κ3) is 3.46. The molecule has 1 aliphatic carbocycles. The molecular weight excluding hydrogens is 556 g/mol. The van der Waals surface area contributed by atoms with E-state index in [4.69, 9.17) is 4.42 Å². The molecule has 9 aromatic rings. The van der Waals surface area contributed by atoms with Gasteiger partial charge in [0.15, 0.2) is 0 Å². The molecule has 1 heterocycles. The zero-order valence-corrected chi connectivity index (χ0v) is 25.8. The molecule has 0 aliphatic heterocycles. The van der Waals surface area contributed by atoms with Gasteiger partial charge in [-0.3, -0.25) is 0 Å². The summed E-state index contributed by atoms with van der Waals surface area (Å²) in [6, 6.07) is 53.5. The quantitative estimate of drug-likeness (QED) is 0.184. The van der Waals surface area contributed by atoms with E-state index >= 15 is 0 Å². The molecule has 0 radical (unpaired) electrons. The zero-order chi connectivity index (χ0) is 30.6. The van der Waals surface area contributed by atoms with E-state index in [9.17, 15) is 0 Å². The van der Waals surface area contributed by atoms with Crippen molar-refractivity contribution in [3.63, 3.8) is 0 Å². The number of fused-ring (bicyclic) bond motifs is 9. The SMILES string of the molecule is CC1(C)c2ccccc2-c2cc(-c3c4ccccc4c(-c4ccc5oc6cc7ccccc7cc6c5c4)c4ccccc34)ccc21. The fraction of sp³-hybridized carbons (Fsp3) is 0.0667. The molecule has 1 nitrogen and oxygen atoms in total. The molecule has 0 spiro atoms. The van der Waals surface area contributed by atoms with Gasteiger partial charge in [0.1, 0.15) is 11.2 Å². The summed E-state index contributed by atoms with van der Waals surface area (Å²) >= 11 is 0. The number of hydrogen-bond donors (Lipinski definition) is 0. The van der Waals surface area contributed by atoms with Crippen molar-refractivity contribution < 1.29 is 4.42 Å². The van der Waals surface area contributed by atoms with Crippen LogP contribution in [0.3, 0.4) is 0 Å². The Morgan fingerprint density at radius 2 is 0.913 bits per heavy atom. The Morgan fingerprint density at radius 1 is 0.391 bits per heavy atom. The molecule has 1 aromatic heterocycles. The summed E-state index contributed by atoms with van der Waals surface area (Å²) in [5.74, 6) is 0. The van der Waals surface area contributed by atoms with Crippen LogP contribution in [0.1, 0.15) is 25.0 Å². The van der Waals surface area contributed by atoms with E-state index in [1.807, 2.05) is 0 Å². The molecule has 216 valence electrons. The average Bonchev–Trinajstić information content (AvgIpc) is 3.56. The molecule has 0 bridgehead atoms. The molecule has 0 fully saturated rings. The molecule has 8 aromatic carbocycles. The minimum absolute atomic E-state index is 0.0133. The monoisotopic (exact) mass is 586 g/mol. The number of furan rings is 1. The Labute approximate surface area is 267 Å². The Morgan fingerprint density at radius 3 is 1.61 bits per heavy atom. The summed E-state index contributed by atoms with van der Waals surface area (Å²) in [6.45, 7) is 4.69. The predicted octanol–water partition coefficient (Wildman–Crippen LogP) is 12.7. The van der Waals surface area contributed by atoms with Crippen molar-refractivity contribution in [1.82, 2.24) is 0 Å². The van der Waals surface area contributed by atoms with E-state index in [0.29, 0.717) is 0 Å². The van der Waals surface area contributed by atoms with Crippen molar-refractivity contribution in [3.8, 4) is 33.4 Å². The molecule has 10 rings (SSSR count). The summed E-state index contributed by atoms with van der Waals surface area (Å²) in [6.07, 6.45) is 0. The van der Waals surface area contributed by atoms with Gasteiger partial charge in [0.2, 0.25) is 0 Å². The first-order chi connectivity index (χ1) is 22.6. The average molecular weight is 587 g/mol. The van der Waals surface area contributed by atoms with Gasteiger partial charge in [0.25, 0.3) is 0 Å². The standard InChI is InChI=1S/C45H30O/c1-45(2)39-18-10-9-13-31(39)36-24-29(19-21-40(36)45)43-32-14-5-7-16-34(32)44(35-17-8-6-15-33(35)43)30-20-22-41-37(25-30)38-23-27-11-3-4-12-28(27)26-42(38)46-41/h3-26H,1-2H3. The zero-order valence-electron chi connectivity index (χ0n) is 25.8. The van der Waals surface area contributed by atoms with Crippen LogP contribution in [-0.2, 0) is 5.41 Å². The topological polar surface area (TPSA) is 13.1 Å². The van der Waals surface area contributed by atoms with Gasteiger partial charge in [-0.2, -0.15) is 0 Å². The summed E-state index contributed by atoms with van der Waals surface area (Å²) in [7, 11) is 0. The van der Waals surface area contributed by atoms with Crippen LogP contribution in [0, 0.1) is 0 Å². The summed E-state index contributed by atoms with van der Waals surface area (Å²) in [5, 5.41) is 9.78. The molecule has 46 heavy (non-hydrogen) atoms. The van der Waals surface area contributed by atoms with E-state index in [0.717, 1.165) is 21.9 Å². The van der Waals surface area contributed by atoms with Gasteiger partial charge < -0.3 is 4.42 Å². The maximum Gasteiger partial charge on any atom is 0.136 e. The summed E-state index contributed by atoms with van der Waals surface area (Å²) < 4.78 is 6.38. The Hall–Kier alpha value is -5.66. The van der Waals surface area contributed by atoms with Gasteiger partial charge in [-0.05, 0) is 107 Å². The lowest BCUT2D eigenvalue weighted by atomic mass is 9.81. The normalized spacial score (nSPS) is 13.6. The fourth-order valence-corrected chi connectivity index (χ4v) is 8.24. The van der Waals surface area contributed by atoms with Crippen molar-refractivity contribution in [2.75, 3.05) is 0 Å². The lowest BCUT2D eigenvalue weighted by Crippen LogP contribution is -2.14. The first-order valence-electron chi connectivity index (χ1n) is 16.1. The molecule has 0 N–H and O–H groups in total. The highest BCUT2D eigenvalue weighted by Crippen LogP contribution is 2.51. The van der Waals surface area contributed by atoms with Crippen LogP contribution in [0.5, 0.6) is 0 Å². The van der Waals surface area contributed by atoms with E-state index < -0.39 is 0 Å². The van der Waals surface area contributed by atoms with Crippen LogP contribution in [0.4, 0.5) is 0 Å². The highest BCUT2D eigenvalue weighted by molar-refractivity contribution is 6.22. The molecule has 0 atom stereocenters. The van der Waals surface area contributed by atoms with Gasteiger partial charge in [-0.1, -0.05) is 129 Å². The number of hydrogen-bond acceptors (Lipinski definition) is 1. The van der Waals surface area contributed by atoms with Gasteiger partial charge in [0.05, 0.1) is 0 Å². The van der Waals surface area contributed by atoms with Gasteiger partial charge in [-0.15, -0.1) is 0 Å². The third-order valence-corrected chi connectivity index (χ3v) is 10.4. The highest BCUT2D eigenvalue weighted by atomic mass is 16.3. The van der Waals surface area contributed by atoms with Crippen molar-refractivity contribution in [1.29, 1.82) is 0 Å². The predicted molar refractivity (Wildman–Crippen MR) is 195 cm³/mol. The van der Waals surface area contributed by atoms with Crippen LogP contribution >= 0.6 is 0 Å². The second-order valence-electron chi connectivity index (χ2n) is 13.3. The molecular formula is C45H30O. The number of rotatable bonds is 2. The summed E-state index contributed by atoms with van der Waals surface area (Å²) in [4.78, 5) is 0. The fourth-order valence-electron chi connectivity index (χ4n) is 8.24. The van der Waals surface area contributed by atoms with E-state index in [2.05, 4.69) is 159 Å². The number of benzene rings is 8. The minimum atomic E-state index is -0.0133. The Bertz CT molecular complexity index is 2660. The molecule has 0 amide bonds. The van der Waals surface area contributed by atoms with Crippen LogP contribution in [0.2, 0.25) is 0 Å². The Kier molecular flexibility index (Phi) is 5.12. The second-order valence-corrected chi connectivity index (χ2v) is 13.3. The van der Waals surface area contributed by atoms with Gasteiger partial charge >= 0.3 is 0 Å². The van der Waals surface area contributed by atoms with Crippen LogP contribution in [-0.4, -0.2) is 0 Å². The van der Waals surface area contributed by atoms with E-state index in [-0.39, 0.29) is 5.41 Å². The molecule has 0 unspecified atom stereocenters. The second kappa shape index (κ2) is 9.19. The van der Waals surface area contributed by atoms with Gasteiger partial charge in [-0.25, -0.2) is 0 Å². The molecule has 0 saturated carbocycles. The lowest BCUT2D eigenvalue weighted by Gasteiger charge is -2.22. The van der Waals surface area contributed by atoms with Crippen LogP contribution in [0.15, 0.2) is 150 Å². The highest BCUT2D eigenvalue weighted by Gasteiger charge is 2.35. The minimum Gasteiger partial charge on any atom is -0.456 e. The maximum absolute atomic E-state index is 6.38. The van der Waals surface area contributed by atoms with Crippen molar-refractivity contribution >= 4 is 54.3 Å². The van der Waals surface area contributed by atoms with Gasteiger partial charge in [0, 0.05) is 16.2 Å². The largest absolute Gasteiger partial charge is 0.456 e. The van der Waals surface area contributed by atoms with Crippen LogP contribution in [0.25, 0.3) is 87.6 Å². The molecule has 0 saturated heterocycles.